The number of rotatable bonds is 2. The maximum atomic E-state index is 11.9. The van der Waals surface area contributed by atoms with E-state index >= 15 is 0 Å². The molecular formula is C10H21N3O. The Morgan fingerprint density at radius 2 is 2.21 bits per heavy atom. The van der Waals surface area contributed by atoms with Crippen molar-refractivity contribution in [1.29, 1.82) is 0 Å². The molecule has 1 heterocycles. The molecule has 4 heteroatoms. The predicted octanol–water partition coefficient (Wildman–Crippen LogP) is -0.114. The highest BCUT2D eigenvalue weighted by Crippen LogP contribution is 2.15. The molecule has 1 fully saturated rings. The number of carbonyl (C=O) groups is 1. The third kappa shape index (κ3) is 2.07. The zero-order valence-corrected chi connectivity index (χ0v) is 9.36. The maximum Gasteiger partial charge on any atom is 0.240 e. The summed E-state index contributed by atoms with van der Waals surface area (Å²) in [5, 5.41) is 0. The molecule has 0 bridgehead atoms. The monoisotopic (exact) mass is 199 g/mol. The molecule has 4 nitrogen and oxygen atoms in total. The van der Waals surface area contributed by atoms with Crippen LogP contribution in [0.3, 0.4) is 0 Å². The lowest BCUT2D eigenvalue weighted by molar-refractivity contribution is -0.134. The first-order valence-electron chi connectivity index (χ1n) is 5.32. The van der Waals surface area contributed by atoms with Crippen LogP contribution in [0.1, 0.15) is 20.3 Å². The van der Waals surface area contributed by atoms with Gasteiger partial charge in [-0.3, -0.25) is 9.69 Å². The van der Waals surface area contributed by atoms with Crippen LogP contribution in [0.15, 0.2) is 0 Å². The minimum Gasteiger partial charge on any atom is -0.344 e. The smallest absolute Gasteiger partial charge is 0.240 e. The fraction of sp³-hybridized carbons (Fsp3) is 0.900. The summed E-state index contributed by atoms with van der Waals surface area (Å²) in [6.07, 6.45) is 1.03. The Balaban J connectivity index is 2.84. The van der Waals surface area contributed by atoms with Crippen LogP contribution >= 0.6 is 0 Å². The second-order valence-corrected chi connectivity index (χ2v) is 3.98. The Hall–Kier alpha value is -0.610. The lowest BCUT2D eigenvalue weighted by Crippen LogP contribution is -2.51. The number of hydrogen-bond donors (Lipinski definition) is 1. The Kier molecular flexibility index (Phi) is 3.89. The SMILES string of the molecule is CCN1C(C)CCN(C)C(=O)C1CN. The number of amides is 1. The van der Waals surface area contributed by atoms with Gasteiger partial charge in [-0.05, 0) is 19.9 Å². The molecule has 1 saturated heterocycles. The number of nitrogens with two attached hydrogens (primary N) is 1. The first kappa shape index (κ1) is 11.5. The van der Waals surface area contributed by atoms with Crippen molar-refractivity contribution in [3.05, 3.63) is 0 Å². The third-order valence-electron chi connectivity index (χ3n) is 3.10. The van der Waals surface area contributed by atoms with Crippen molar-refractivity contribution in [2.75, 3.05) is 26.7 Å². The quantitative estimate of drug-likeness (QED) is 0.675. The van der Waals surface area contributed by atoms with Gasteiger partial charge in [0.15, 0.2) is 0 Å². The molecule has 0 spiro atoms. The summed E-state index contributed by atoms with van der Waals surface area (Å²) in [5.74, 6) is 0.165. The number of nitrogens with zero attached hydrogens (tertiary/aromatic N) is 2. The molecule has 1 aliphatic heterocycles. The van der Waals surface area contributed by atoms with Crippen LogP contribution in [0.2, 0.25) is 0 Å². The molecule has 0 aliphatic carbocycles. The fourth-order valence-corrected chi connectivity index (χ4v) is 2.13. The molecule has 0 saturated carbocycles. The average molecular weight is 199 g/mol. The van der Waals surface area contributed by atoms with Gasteiger partial charge < -0.3 is 10.6 Å². The van der Waals surface area contributed by atoms with Crippen molar-refractivity contribution in [1.82, 2.24) is 9.80 Å². The van der Waals surface area contributed by atoms with Crippen LogP contribution in [-0.4, -0.2) is 54.5 Å². The topological polar surface area (TPSA) is 49.6 Å². The van der Waals surface area contributed by atoms with Gasteiger partial charge in [-0.1, -0.05) is 6.92 Å². The molecule has 0 aromatic carbocycles. The van der Waals surface area contributed by atoms with Gasteiger partial charge in [0.1, 0.15) is 6.04 Å². The number of carbonyl (C=O) groups excluding carboxylic acids is 1. The molecule has 0 aromatic heterocycles. The van der Waals surface area contributed by atoms with Gasteiger partial charge in [-0.15, -0.1) is 0 Å². The van der Waals surface area contributed by atoms with E-state index in [1.165, 1.54) is 0 Å². The van der Waals surface area contributed by atoms with Gasteiger partial charge in [-0.25, -0.2) is 0 Å². The summed E-state index contributed by atoms with van der Waals surface area (Å²) >= 11 is 0. The minimum atomic E-state index is -0.123. The Morgan fingerprint density at radius 3 is 2.71 bits per heavy atom. The van der Waals surface area contributed by atoms with Crippen LogP contribution in [0.4, 0.5) is 0 Å². The highest BCUT2D eigenvalue weighted by atomic mass is 16.2. The van der Waals surface area contributed by atoms with Gasteiger partial charge in [0.05, 0.1) is 0 Å². The van der Waals surface area contributed by atoms with E-state index < -0.39 is 0 Å². The van der Waals surface area contributed by atoms with Gasteiger partial charge in [0, 0.05) is 26.2 Å². The zero-order valence-electron chi connectivity index (χ0n) is 9.36. The summed E-state index contributed by atoms with van der Waals surface area (Å²) in [7, 11) is 1.86. The van der Waals surface area contributed by atoms with Gasteiger partial charge in [0.2, 0.25) is 5.91 Å². The van der Waals surface area contributed by atoms with Crippen molar-refractivity contribution in [2.24, 2.45) is 5.73 Å². The molecular weight excluding hydrogens is 178 g/mol. The van der Waals surface area contributed by atoms with E-state index in [9.17, 15) is 4.79 Å². The zero-order chi connectivity index (χ0) is 10.7. The van der Waals surface area contributed by atoms with Gasteiger partial charge >= 0.3 is 0 Å². The molecule has 1 amide bonds. The van der Waals surface area contributed by atoms with E-state index in [2.05, 4.69) is 18.7 Å². The molecule has 2 atom stereocenters. The van der Waals surface area contributed by atoms with E-state index in [1.807, 2.05) is 7.05 Å². The van der Waals surface area contributed by atoms with Gasteiger partial charge in [-0.2, -0.15) is 0 Å². The highest BCUT2D eigenvalue weighted by Gasteiger charge is 2.32. The molecule has 0 aromatic rings. The van der Waals surface area contributed by atoms with Crippen LogP contribution in [0.5, 0.6) is 0 Å². The number of likely N-dealkylation sites (N-methyl/N-ethyl adjacent to an activating group) is 2. The van der Waals surface area contributed by atoms with Crippen LogP contribution < -0.4 is 5.73 Å². The first-order chi connectivity index (χ1) is 6.61. The van der Waals surface area contributed by atoms with E-state index in [1.54, 1.807) is 4.90 Å². The molecule has 2 N–H and O–H groups in total. The van der Waals surface area contributed by atoms with Crippen molar-refractivity contribution >= 4 is 5.91 Å². The standard InChI is InChI=1S/C10H21N3O/c1-4-13-8(2)5-6-12(3)10(14)9(13)7-11/h8-9H,4-7,11H2,1-3H3. The maximum absolute atomic E-state index is 11.9. The molecule has 1 aliphatic rings. The lowest BCUT2D eigenvalue weighted by Gasteiger charge is -2.31. The summed E-state index contributed by atoms with van der Waals surface area (Å²) in [5.41, 5.74) is 5.66. The summed E-state index contributed by atoms with van der Waals surface area (Å²) in [4.78, 5) is 15.9. The number of hydrogen-bond acceptors (Lipinski definition) is 3. The van der Waals surface area contributed by atoms with Crippen LogP contribution in [0, 0.1) is 0 Å². The second kappa shape index (κ2) is 4.75. The van der Waals surface area contributed by atoms with Crippen LogP contribution in [-0.2, 0) is 4.79 Å². The molecule has 82 valence electrons. The fourth-order valence-electron chi connectivity index (χ4n) is 2.13. The highest BCUT2D eigenvalue weighted by molar-refractivity contribution is 5.82. The largest absolute Gasteiger partial charge is 0.344 e. The predicted molar refractivity (Wildman–Crippen MR) is 56.9 cm³/mol. The van der Waals surface area contributed by atoms with E-state index in [4.69, 9.17) is 5.73 Å². The van der Waals surface area contributed by atoms with Crippen LogP contribution in [0.25, 0.3) is 0 Å². The third-order valence-corrected chi connectivity index (χ3v) is 3.10. The molecule has 0 radical (unpaired) electrons. The summed E-state index contributed by atoms with van der Waals surface area (Å²) in [6, 6.07) is 0.324. The molecule has 2 unspecified atom stereocenters. The van der Waals surface area contributed by atoms with Crippen molar-refractivity contribution in [3.8, 4) is 0 Å². The molecule has 14 heavy (non-hydrogen) atoms. The van der Waals surface area contributed by atoms with Gasteiger partial charge in [0.25, 0.3) is 0 Å². The van der Waals surface area contributed by atoms with E-state index in [0.717, 1.165) is 19.5 Å². The van der Waals surface area contributed by atoms with E-state index in [0.29, 0.717) is 12.6 Å². The van der Waals surface area contributed by atoms with E-state index in [-0.39, 0.29) is 11.9 Å². The minimum absolute atomic E-state index is 0.123. The van der Waals surface area contributed by atoms with Crippen molar-refractivity contribution < 1.29 is 4.79 Å². The van der Waals surface area contributed by atoms with Crippen molar-refractivity contribution in [3.63, 3.8) is 0 Å². The first-order valence-corrected chi connectivity index (χ1v) is 5.32. The Morgan fingerprint density at radius 1 is 1.57 bits per heavy atom. The Labute approximate surface area is 86.0 Å². The average Bonchev–Trinajstić information content (AvgIpc) is 2.29. The summed E-state index contributed by atoms with van der Waals surface area (Å²) in [6.45, 7) is 6.40. The van der Waals surface area contributed by atoms with Crippen molar-refractivity contribution in [2.45, 2.75) is 32.4 Å². The Bertz CT molecular complexity index is 208. The summed E-state index contributed by atoms with van der Waals surface area (Å²) < 4.78 is 0. The molecule has 1 rings (SSSR count). The second-order valence-electron chi connectivity index (χ2n) is 3.98. The normalized spacial score (nSPS) is 30.6. The lowest BCUT2D eigenvalue weighted by atomic mass is 10.1.